The van der Waals surface area contributed by atoms with E-state index in [9.17, 15) is 4.79 Å². The van der Waals surface area contributed by atoms with Gasteiger partial charge in [-0.25, -0.2) is 0 Å². The molecule has 74 valence electrons. The lowest BCUT2D eigenvalue weighted by Gasteiger charge is -2.20. The molecule has 1 amide bonds. The van der Waals surface area contributed by atoms with E-state index in [1.807, 2.05) is 0 Å². The normalized spacial score (nSPS) is 18.1. The van der Waals surface area contributed by atoms with Crippen LogP contribution in [-0.2, 0) is 4.79 Å². The van der Waals surface area contributed by atoms with Gasteiger partial charge in [-0.2, -0.15) is 0 Å². The van der Waals surface area contributed by atoms with Crippen LogP contribution in [0.15, 0.2) is 12.2 Å². The molecule has 1 fully saturated rings. The van der Waals surface area contributed by atoms with Crippen LogP contribution in [0.3, 0.4) is 0 Å². The van der Waals surface area contributed by atoms with Crippen LogP contribution in [0.2, 0.25) is 0 Å². The summed E-state index contributed by atoms with van der Waals surface area (Å²) in [5.74, 6) is -0.0793. The minimum absolute atomic E-state index is 0.0793. The zero-order chi connectivity index (χ0) is 9.68. The van der Waals surface area contributed by atoms with Crippen molar-refractivity contribution in [3.63, 3.8) is 0 Å². The Morgan fingerprint density at radius 1 is 1.23 bits per heavy atom. The van der Waals surface area contributed by atoms with Crippen molar-refractivity contribution in [2.45, 2.75) is 25.7 Å². The molecule has 1 aliphatic heterocycles. The largest absolute Gasteiger partial charge is 0.391 e. The maximum atomic E-state index is 11.5. The Morgan fingerprint density at radius 3 is 2.23 bits per heavy atom. The van der Waals surface area contributed by atoms with Crippen LogP contribution in [0.1, 0.15) is 25.7 Å². The summed E-state index contributed by atoms with van der Waals surface area (Å²) in [6.45, 7) is 4.95. The van der Waals surface area contributed by atoms with Crippen LogP contribution < -0.4 is 0 Å². The third kappa shape index (κ3) is 2.84. The third-order valence-electron chi connectivity index (χ3n) is 2.39. The fraction of sp³-hybridized carbons (Fsp3) is 0.700. The molecule has 0 bridgehead atoms. The summed E-state index contributed by atoms with van der Waals surface area (Å²) in [5.41, 5.74) is 0.307. The predicted molar refractivity (Wildman–Crippen MR) is 51.3 cm³/mol. The van der Waals surface area contributed by atoms with Crippen molar-refractivity contribution in [3.05, 3.63) is 12.2 Å². The fourth-order valence-electron chi connectivity index (χ4n) is 1.57. The summed E-state index contributed by atoms with van der Waals surface area (Å²) < 4.78 is 0. The van der Waals surface area contributed by atoms with Gasteiger partial charge in [0.25, 0.3) is 5.91 Å². The topological polar surface area (TPSA) is 40.5 Å². The Bertz CT molecular complexity index is 193. The van der Waals surface area contributed by atoms with E-state index in [2.05, 4.69) is 6.58 Å². The minimum atomic E-state index is -0.227. The van der Waals surface area contributed by atoms with Crippen molar-refractivity contribution in [1.29, 1.82) is 0 Å². The van der Waals surface area contributed by atoms with Gasteiger partial charge in [0.1, 0.15) is 0 Å². The van der Waals surface area contributed by atoms with Crippen molar-refractivity contribution in [1.82, 2.24) is 4.90 Å². The summed E-state index contributed by atoms with van der Waals surface area (Å²) >= 11 is 0. The number of carbonyl (C=O) groups is 1. The van der Waals surface area contributed by atoms with Gasteiger partial charge in [0.05, 0.1) is 6.61 Å². The van der Waals surface area contributed by atoms with Crippen molar-refractivity contribution in [3.8, 4) is 0 Å². The first-order valence-electron chi connectivity index (χ1n) is 4.83. The monoisotopic (exact) mass is 183 g/mol. The van der Waals surface area contributed by atoms with E-state index in [1.165, 1.54) is 12.8 Å². The molecule has 0 atom stereocenters. The summed E-state index contributed by atoms with van der Waals surface area (Å²) in [6, 6.07) is 0. The van der Waals surface area contributed by atoms with E-state index in [4.69, 9.17) is 5.11 Å². The second-order valence-corrected chi connectivity index (χ2v) is 3.47. The molecule has 1 aliphatic rings. The van der Waals surface area contributed by atoms with E-state index >= 15 is 0 Å². The molecule has 0 aliphatic carbocycles. The Hall–Kier alpha value is -0.830. The molecule has 3 nitrogen and oxygen atoms in total. The number of aliphatic hydroxyl groups is 1. The van der Waals surface area contributed by atoms with Gasteiger partial charge in [0.15, 0.2) is 0 Å². The van der Waals surface area contributed by atoms with Crippen LogP contribution >= 0.6 is 0 Å². The van der Waals surface area contributed by atoms with Crippen molar-refractivity contribution in [2.24, 2.45) is 0 Å². The van der Waals surface area contributed by atoms with E-state index < -0.39 is 0 Å². The highest BCUT2D eigenvalue weighted by Crippen LogP contribution is 2.11. The molecule has 1 N–H and O–H groups in total. The van der Waals surface area contributed by atoms with Gasteiger partial charge in [-0.3, -0.25) is 4.79 Å². The Balaban J connectivity index is 2.48. The highest BCUT2D eigenvalue weighted by molar-refractivity contribution is 5.93. The molecule has 0 saturated carbocycles. The third-order valence-corrected chi connectivity index (χ3v) is 2.39. The van der Waals surface area contributed by atoms with Gasteiger partial charge < -0.3 is 10.0 Å². The fourth-order valence-corrected chi connectivity index (χ4v) is 1.57. The second-order valence-electron chi connectivity index (χ2n) is 3.47. The molecule has 0 aromatic heterocycles. The lowest BCUT2D eigenvalue weighted by molar-refractivity contribution is -0.127. The molecular formula is C10H17NO2. The molecule has 0 aromatic rings. The second kappa shape index (κ2) is 5.02. The molecule has 0 spiro atoms. The summed E-state index contributed by atoms with van der Waals surface area (Å²) in [7, 11) is 0. The van der Waals surface area contributed by atoms with Gasteiger partial charge in [-0.15, -0.1) is 0 Å². The smallest absolute Gasteiger partial charge is 0.251 e. The molecule has 0 radical (unpaired) electrons. The maximum absolute atomic E-state index is 11.5. The first kappa shape index (κ1) is 10.3. The van der Waals surface area contributed by atoms with E-state index in [0.717, 1.165) is 25.9 Å². The summed E-state index contributed by atoms with van der Waals surface area (Å²) in [6.07, 6.45) is 4.56. The van der Waals surface area contributed by atoms with E-state index in [-0.39, 0.29) is 12.5 Å². The van der Waals surface area contributed by atoms with Gasteiger partial charge >= 0.3 is 0 Å². The molecule has 1 saturated heterocycles. The van der Waals surface area contributed by atoms with Crippen molar-refractivity contribution in [2.75, 3.05) is 19.7 Å². The Kier molecular flexibility index (Phi) is 3.96. The SMILES string of the molecule is C=C(CO)C(=O)N1CCCCCC1. The Morgan fingerprint density at radius 2 is 1.77 bits per heavy atom. The number of nitrogens with zero attached hydrogens (tertiary/aromatic N) is 1. The van der Waals surface area contributed by atoms with Gasteiger partial charge in [-0.05, 0) is 12.8 Å². The van der Waals surface area contributed by atoms with E-state index in [0.29, 0.717) is 5.57 Å². The highest BCUT2D eigenvalue weighted by Gasteiger charge is 2.16. The number of hydrogen-bond donors (Lipinski definition) is 1. The van der Waals surface area contributed by atoms with Gasteiger partial charge in [-0.1, -0.05) is 19.4 Å². The Labute approximate surface area is 79.0 Å². The zero-order valence-electron chi connectivity index (χ0n) is 7.96. The highest BCUT2D eigenvalue weighted by atomic mass is 16.3. The van der Waals surface area contributed by atoms with Crippen LogP contribution in [-0.4, -0.2) is 35.6 Å². The van der Waals surface area contributed by atoms with Crippen molar-refractivity contribution >= 4 is 5.91 Å². The first-order valence-corrected chi connectivity index (χ1v) is 4.83. The number of likely N-dealkylation sites (tertiary alicyclic amines) is 1. The molecule has 1 heterocycles. The average molecular weight is 183 g/mol. The number of hydrogen-bond acceptors (Lipinski definition) is 2. The van der Waals surface area contributed by atoms with Crippen LogP contribution in [0.5, 0.6) is 0 Å². The van der Waals surface area contributed by atoms with Crippen LogP contribution in [0.25, 0.3) is 0 Å². The number of amides is 1. The minimum Gasteiger partial charge on any atom is -0.391 e. The molecular weight excluding hydrogens is 166 g/mol. The lowest BCUT2D eigenvalue weighted by atomic mass is 10.2. The molecule has 1 rings (SSSR count). The van der Waals surface area contributed by atoms with Gasteiger partial charge in [0.2, 0.25) is 0 Å². The molecule has 0 aromatic carbocycles. The summed E-state index contributed by atoms with van der Waals surface area (Å²) in [4.78, 5) is 13.3. The van der Waals surface area contributed by atoms with Crippen LogP contribution in [0.4, 0.5) is 0 Å². The zero-order valence-corrected chi connectivity index (χ0v) is 7.96. The molecule has 0 unspecified atom stereocenters. The van der Waals surface area contributed by atoms with Crippen molar-refractivity contribution < 1.29 is 9.90 Å². The first-order chi connectivity index (χ1) is 6.25. The summed E-state index contributed by atoms with van der Waals surface area (Å²) in [5, 5.41) is 8.76. The lowest BCUT2D eigenvalue weighted by Crippen LogP contribution is -2.33. The standard InChI is InChI=1S/C10H17NO2/c1-9(8-12)10(13)11-6-4-2-3-5-7-11/h12H,1-8H2. The quantitative estimate of drug-likeness (QED) is 0.647. The number of aliphatic hydroxyl groups excluding tert-OH is 1. The van der Waals surface area contributed by atoms with E-state index in [1.54, 1.807) is 4.90 Å². The molecule has 3 heteroatoms. The van der Waals surface area contributed by atoms with Crippen LogP contribution in [0, 0.1) is 0 Å². The maximum Gasteiger partial charge on any atom is 0.251 e. The van der Waals surface area contributed by atoms with Gasteiger partial charge in [0, 0.05) is 18.7 Å². The predicted octanol–water partition coefficient (Wildman–Crippen LogP) is 0.938. The molecule has 13 heavy (non-hydrogen) atoms. The number of carbonyl (C=O) groups excluding carboxylic acids is 1. The average Bonchev–Trinajstić information content (AvgIpc) is 2.43. The number of rotatable bonds is 2.